The Kier molecular flexibility index (Phi) is 3.80. The summed E-state index contributed by atoms with van der Waals surface area (Å²) < 4.78 is 4.44. The maximum atomic E-state index is 10.1. The van der Waals surface area contributed by atoms with Crippen LogP contribution in [-0.4, -0.2) is 7.32 Å². The van der Waals surface area contributed by atoms with Crippen LogP contribution in [0.5, 0.6) is 5.75 Å². The van der Waals surface area contributed by atoms with E-state index in [4.69, 9.17) is 0 Å². The van der Waals surface area contributed by atoms with Crippen LogP contribution < -0.4 is 14.7 Å². The van der Waals surface area contributed by atoms with Crippen molar-refractivity contribution < 1.29 is 14.7 Å². The number of hydrogen-bond acceptors (Lipinski definition) is 3. The topological polar surface area (TPSA) is 55.3 Å². The van der Waals surface area contributed by atoms with E-state index >= 15 is 0 Å². The summed E-state index contributed by atoms with van der Waals surface area (Å²) in [6, 6.07) is 7.02. The Morgan fingerprint density at radius 2 is 1.85 bits per heavy atom. The molecule has 0 N–H and O–H groups in total. The van der Waals surface area contributed by atoms with E-state index in [0.717, 1.165) is 12.8 Å². The summed E-state index contributed by atoms with van der Waals surface area (Å²) in [5, 5.41) is 20.3. The summed E-state index contributed by atoms with van der Waals surface area (Å²) in [4.78, 5) is 0. The predicted molar refractivity (Wildman–Crippen MR) is 46.8 cm³/mol. The molecule has 1 aromatic carbocycles. The van der Waals surface area contributed by atoms with Crippen molar-refractivity contribution >= 4 is 7.32 Å². The lowest BCUT2D eigenvalue weighted by Gasteiger charge is -2.26. The Balaban J connectivity index is 2.59. The fourth-order valence-corrected chi connectivity index (χ4v) is 1.13. The Morgan fingerprint density at radius 3 is 2.31 bits per heavy atom. The van der Waals surface area contributed by atoms with Crippen LogP contribution in [0.15, 0.2) is 24.3 Å². The Hall–Kier alpha value is -0.995. The first-order valence-electron chi connectivity index (χ1n) is 4.29. The van der Waals surface area contributed by atoms with Crippen LogP contribution in [0.2, 0.25) is 0 Å². The molecule has 0 saturated heterocycles. The van der Waals surface area contributed by atoms with Crippen molar-refractivity contribution in [1.82, 2.24) is 0 Å². The number of benzene rings is 1. The fraction of sp³-hybridized carbons (Fsp3) is 0.333. The smallest absolute Gasteiger partial charge is 0.133 e. The SMILES string of the molecule is CCCc1ccc(OB([O-])[O-])cc1. The molecule has 70 valence electrons. The molecule has 0 aliphatic heterocycles. The molecule has 0 saturated carbocycles. The summed E-state index contributed by atoms with van der Waals surface area (Å²) in [5.74, 6) is 0.342. The van der Waals surface area contributed by atoms with E-state index < -0.39 is 7.32 Å². The molecular weight excluding hydrogens is 167 g/mol. The van der Waals surface area contributed by atoms with Crippen molar-refractivity contribution in [1.29, 1.82) is 0 Å². The monoisotopic (exact) mass is 178 g/mol. The lowest BCUT2D eigenvalue weighted by Crippen LogP contribution is -2.50. The molecule has 0 fully saturated rings. The van der Waals surface area contributed by atoms with Gasteiger partial charge in [-0.1, -0.05) is 25.5 Å². The van der Waals surface area contributed by atoms with Gasteiger partial charge < -0.3 is 14.7 Å². The fourth-order valence-electron chi connectivity index (χ4n) is 1.13. The van der Waals surface area contributed by atoms with Gasteiger partial charge in [0.2, 0.25) is 0 Å². The van der Waals surface area contributed by atoms with Crippen LogP contribution in [0.3, 0.4) is 0 Å². The van der Waals surface area contributed by atoms with Crippen molar-refractivity contribution in [3.63, 3.8) is 0 Å². The Labute approximate surface area is 78.2 Å². The molecule has 1 aromatic rings. The first-order valence-corrected chi connectivity index (χ1v) is 4.29. The van der Waals surface area contributed by atoms with Crippen molar-refractivity contribution in [3.05, 3.63) is 29.8 Å². The largest absolute Gasteiger partial charge is 0.860 e. The average Bonchev–Trinajstić information content (AvgIpc) is 2.08. The molecule has 3 nitrogen and oxygen atoms in total. The van der Waals surface area contributed by atoms with Crippen LogP contribution in [0.1, 0.15) is 18.9 Å². The zero-order chi connectivity index (χ0) is 9.68. The van der Waals surface area contributed by atoms with Gasteiger partial charge in [0.1, 0.15) is 7.32 Å². The maximum absolute atomic E-state index is 10.1. The molecule has 0 aromatic heterocycles. The van der Waals surface area contributed by atoms with Crippen LogP contribution >= 0.6 is 0 Å². The zero-order valence-electron chi connectivity index (χ0n) is 7.53. The minimum Gasteiger partial charge on any atom is -0.860 e. The quantitative estimate of drug-likeness (QED) is 0.596. The van der Waals surface area contributed by atoms with Gasteiger partial charge in [0, 0.05) is 0 Å². The summed E-state index contributed by atoms with van der Waals surface area (Å²) in [6.45, 7) is 2.09. The number of aryl methyl sites for hydroxylation is 1. The van der Waals surface area contributed by atoms with Crippen LogP contribution in [0.25, 0.3) is 0 Å². The maximum Gasteiger partial charge on any atom is 0.133 e. The van der Waals surface area contributed by atoms with Gasteiger partial charge in [-0.2, -0.15) is 0 Å². The molecule has 0 aliphatic carbocycles. The molecule has 0 aliphatic rings. The number of rotatable bonds is 4. The minimum absolute atomic E-state index is 0.342. The Morgan fingerprint density at radius 1 is 1.23 bits per heavy atom. The summed E-state index contributed by atoms with van der Waals surface area (Å²) in [6.07, 6.45) is 2.07. The normalized spacial score (nSPS) is 9.77. The van der Waals surface area contributed by atoms with Gasteiger partial charge >= 0.3 is 0 Å². The lowest BCUT2D eigenvalue weighted by molar-refractivity contribution is -0.372. The van der Waals surface area contributed by atoms with E-state index in [2.05, 4.69) is 11.6 Å². The van der Waals surface area contributed by atoms with Crippen LogP contribution in [-0.2, 0) is 6.42 Å². The van der Waals surface area contributed by atoms with Crippen LogP contribution in [0, 0.1) is 0 Å². The molecular formula is C9H11BO3-2. The summed E-state index contributed by atoms with van der Waals surface area (Å²) >= 11 is 0. The molecule has 0 heterocycles. The average molecular weight is 178 g/mol. The van der Waals surface area contributed by atoms with Gasteiger partial charge in [-0.05, 0) is 24.1 Å². The van der Waals surface area contributed by atoms with E-state index in [1.165, 1.54) is 5.56 Å². The molecule has 1 rings (SSSR count). The molecule has 4 heteroatoms. The van der Waals surface area contributed by atoms with Gasteiger partial charge in [-0.3, -0.25) is 0 Å². The second-order valence-electron chi connectivity index (χ2n) is 2.80. The lowest BCUT2D eigenvalue weighted by atomic mass is 10.1. The van der Waals surface area contributed by atoms with E-state index in [9.17, 15) is 10.0 Å². The summed E-state index contributed by atoms with van der Waals surface area (Å²) in [7, 11) is -2.24. The van der Waals surface area contributed by atoms with E-state index in [-0.39, 0.29) is 0 Å². The molecule has 0 atom stereocenters. The van der Waals surface area contributed by atoms with Crippen molar-refractivity contribution in [3.8, 4) is 5.75 Å². The second-order valence-corrected chi connectivity index (χ2v) is 2.80. The van der Waals surface area contributed by atoms with Crippen molar-refractivity contribution in [2.45, 2.75) is 19.8 Å². The first kappa shape index (κ1) is 10.1. The van der Waals surface area contributed by atoms with Gasteiger partial charge in [0.25, 0.3) is 0 Å². The van der Waals surface area contributed by atoms with Crippen molar-refractivity contribution in [2.75, 3.05) is 0 Å². The highest BCUT2D eigenvalue weighted by Crippen LogP contribution is 2.12. The van der Waals surface area contributed by atoms with Gasteiger partial charge in [-0.25, -0.2) is 0 Å². The van der Waals surface area contributed by atoms with Gasteiger partial charge in [0.15, 0.2) is 0 Å². The standard InChI is InChI=1S/C9H11BO3/c1-2-3-8-4-6-9(7-5-8)13-10(11)12/h4-7H,2-3H2,1H3/q-2. The molecule has 13 heavy (non-hydrogen) atoms. The van der Waals surface area contributed by atoms with Gasteiger partial charge in [0.05, 0.1) is 5.75 Å². The third-order valence-electron chi connectivity index (χ3n) is 1.69. The van der Waals surface area contributed by atoms with Crippen molar-refractivity contribution in [2.24, 2.45) is 0 Å². The van der Waals surface area contributed by atoms with Gasteiger partial charge in [-0.15, -0.1) is 0 Å². The summed E-state index contributed by atoms with van der Waals surface area (Å²) in [5.41, 5.74) is 1.18. The minimum atomic E-state index is -2.24. The van der Waals surface area contributed by atoms with E-state index in [1.807, 2.05) is 12.1 Å². The first-order chi connectivity index (χ1) is 6.22. The molecule has 0 bridgehead atoms. The third-order valence-corrected chi connectivity index (χ3v) is 1.69. The van der Waals surface area contributed by atoms with E-state index in [0.29, 0.717) is 5.75 Å². The second kappa shape index (κ2) is 4.89. The number of hydrogen-bond donors (Lipinski definition) is 0. The Bertz CT molecular complexity index is 246. The molecule has 0 amide bonds. The van der Waals surface area contributed by atoms with E-state index in [1.54, 1.807) is 12.1 Å². The highest BCUT2D eigenvalue weighted by atomic mass is 16.6. The molecule has 0 radical (unpaired) electrons. The predicted octanol–water partition coefficient (Wildman–Crippen LogP) is -0.277. The highest BCUT2D eigenvalue weighted by molar-refractivity contribution is 6.29. The zero-order valence-corrected chi connectivity index (χ0v) is 7.53. The molecule has 0 spiro atoms. The third kappa shape index (κ3) is 3.48. The highest BCUT2D eigenvalue weighted by Gasteiger charge is 1.92. The van der Waals surface area contributed by atoms with Crippen LogP contribution in [0.4, 0.5) is 0 Å². The molecule has 0 unspecified atom stereocenters.